The lowest BCUT2D eigenvalue weighted by atomic mass is 9.72. The van der Waals surface area contributed by atoms with Gasteiger partial charge in [-0.3, -0.25) is 0 Å². The van der Waals surface area contributed by atoms with E-state index in [2.05, 4.69) is 159 Å². The molecule has 0 aliphatic heterocycles. The number of nitrogens with zero attached hydrogens (tertiary/aromatic N) is 1. The Hall–Kier alpha value is -4.77. The van der Waals surface area contributed by atoms with Gasteiger partial charge in [0.1, 0.15) is 0 Å². The number of hydrogen-bond acceptors (Lipinski definition) is 3. The molecular formula is C40H36BNO2Si2. The van der Waals surface area contributed by atoms with Crippen LogP contribution >= 0.6 is 0 Å². The second-order valence-corrected chi connectivity index (χ2v) is 18.2. The molecule has 6 heteroatoms. The molecule has 0 N–H and O–H groups in total. The van der Waals surface area contributed by atoms with E-state index in [4.69, 9.17) is 8.69 Å². The zero-order valence-corrected chi connectivity index (χ0v) is 27.9. The molecule has 0 saturated carbocycles. The van der Waals surface area contributed by atoms with Crippen molar-refractivity contribution in [3.8, 4) is 6.07 Å². The first kappa shape index (κ1) is 31.2. The predicted octanol–water partition coefficient (Wildman–Crippen LogP) is 5.15. The summed E-state index contributed by atoms with van der Waals surface area (Å²) in [4.78, 5) is 0. The van der Waals surface area contributed by atoms with Crippen LogP contribution in [0.1, 0.15) is 13.3 Å². The number of rotatable bonds is 12. The number of hydrogen-bond donors (Lipinski definition) is 0. The Morgan fingerprint density at radius 1 is 0.457 bits per heavy atom. The third-order valence-corrected chi connectivity index (χ3v) is 16.6. The summed E-state index contributed by atoms with van der Waals surface area (Å²) in [5.74, 6) is -0.226. The molecule has 1 unspecified atom stereocenters. The minimum absolute atomic E-state index is 0.226. The van der Waals surface area contributed by atoms with E-state index in [1.54, 1.807) is 0 Å². The van der Waals surface area contributed by atoms with Gasteiger partial charge >= 0.3 is 7.12 Å². The number of benzene rings is 6. The molecule has 0 radical (unpaired) electrons. The monoisotopic (exact) mass is 629 g/mol. The van der Waals surface area contributed by atoms with Gasteiger partial charge in [-0.1, -0.05) is 189 Å². The van der Waals surface area contributed by atoms with E-state index in [9.17, 15) is 5.26 Å². The molecule has 0 saturated heterocycles. The second-order valence-electron chi connectivity index (χ2n) is 11.5. The predicted molar refractivity (Wildman–Crippen MR) is 196 cm³/mol. The molecule has 224 valence electrons. The van der Waals surface area contributed by atoms with E-state index in [1.165, 1.54) is 0 Å². The van der Waals surface area contributed by atoms with Crippen molar-refractivity contribution in [3.63, 3.8) is 0 Å². The third kappa shape index (κ3) is 6.19. The molecule has 0 fully saturated rings. The van der Waals surface area contributed by atoms with Crippen LogP contribution in [0.4, 0.5) is 0 Å². The molecule has 3 nitrogen and oxygen atoms in total. The highest BCUT2D eigenvalue weighted by Gasteiger charge is 2.51. The van der Waals surface area contributed by atoms with Gasteiger partial charge in [0.15, 0.2) is 0 Å². The highest BCUT2D eigenvalue weighted by Crippen LogP contribution is 2.25. The smallest absolute Gasteiger partial charge is 0.440 e. The first-order chi connectivity index (χ1) is 22.7. The molecule has 46 heavy (non-hydrogen) atoms. The molecule has 6 aromatic carbocycles. The fourth-order valence-corrected chi connectivity index (χ4v) is 14.4. The lowest BCUT2D eigenvalue weighted by Crippen LogP contribution is -2.75. The van der Waals surface area contributed by atoms with Gasteiger partial charge in [0.25, 0.3) is 16.6 Å². The molecule has 1 atom stereocenters. The molecule has 6 aromatic rings. The van der Waals surface area contributed by atoms with Crippen LogP contribution < -0.4 is 31.1 Å². The van der Waals surface area contributed by atoms with E-state index in [1.807, 2.05) is 36.4 Å². The van der Waals surface area contributed by atoms with Crippen LogP contribution in [0.3, 0.4) is 0 Å². The van der Waals surface area contributed by atoms with Crippen LogP contribution in [0.15, 0.2) is 182 Å². The van der Waals surface area contributed by atoms with E-state index in [-0.39, 0.29) is 12.2 Å². The highest BCUT2D eigenvalue weighted by atomic mass is 28.4. The zero-order chi connectivity index (χ0) is 31.7. The van der Waals surface area contributed by atoms with Crippen molar-refractivity contribution in [3.05, 3.63) is 182 Å². The van der Waals surface area contributed by atoms with Crippen molar-refractivity contribution in [2.45, 2.75) is 19.2 Å². The fraction of sp³-hybridized carbons (Fsp3) is 0.0750. The first-order valence-electron chi connectivity index (χ1n) is 15.7. The molecule has 6 rings (SSSR count). The minimum Gasteiger partial charge on any atom is -0.443 e. The molecular weight excluding hydrogens is 593 g/mol. The van der Waals surface area contributed by atoms with Gasteiger partial charge < -0.3 is 8.69 Å². The molecule has 0 aliphatic rings. The number of nitriles is 1. The summed E-state index contributed by atoms with van der Waals surface area (Å²) in [6.45, 7) is 2.08. The normalized spacial score (nSPS) is 12.2. The summed E-state index contributed by atoms with van der Waals surface area (Å²) >= 11 is 0. The SMILES string of the molecule is CC(CC#N)B(O[Si](c1ccccc1)(c1ccccc1)c1ccccc1)O[Si](c1ccccc1)(c1ccccc1)c1ccccc1. The van der Waals surface area contributed by atoms with Gasteiger partial charge in [-0.25, -0.2) is 0 Å². The van der Waals surface area contributed by atoms with Crippen LogP contribution in [0.25, 0.3) is 0 Å². The molecule has 0 heterocycles. The quantitative estimate of drug-likeness (QED) is 0.139. The zero-order valence-electron chi connectivity index (χ0n) is 25.9. The molecule has 0 aliphatic carbocycles. The van der Waals surface area contributed by atoms with Crippen molar-refractivity contribution in [1.29, 1.82) is 5.26 Å². The van der Waals surface area contributed by atoms with Gasteiger partial charge in [0.05, 0.1) is 6.07 Å². The van der Waals surface area contributed by atoms with Crippen LogP contribution in [0.5, 0.6) is 0 Å². The van der Waals surface area contributed by atoms with E-state index >= 15 is 0 Å². The third-order valence-electron chi connectivity index (χ3n) is 8.55. The molecule has 0 bridgehead atoms. The standard InChI is InChI=1S/C40H36BNO2Si2/c1-34(32-33-42)41(43-45(35-20-8-2-9-21-35,36-22-10-3-11-23-36)37-24-12-4-13-25-37)44-46(38-26-14-5-15-27-38,39-28-16-6-17-29-39)40-30-18-7-19-31-40/h2-31,34H,32H2,1H3. The summed E-state index contributed by atoms with van der Waals surface area (Å²) in [5, 5.41) is 16.8. The molecule has 0 aromatic heterocycles. The van der Waals surface area contributed by atoms with E-state index < -0.39 is 23.8 Å². The summed E-state index contributed by atoms with van der Waals surface area (Å²) in [7, 11) is -7.10. The minimum atomic E-state index is -3.19. The van der Waals surface area contributed by atoms with Crippen molar-refractivity contribution >= 4 is 54.9 Å². The van der Waals surface area contributed by atoms with Crippen molar-refractivity contribution in [2.24, 2.45) is 0 Å². The summed E-state index contributed by atoms with van der Waals surface area (Å²) in [5.41, 5.74) is 0. The van der Waals surface area contributed by atoms with Gasteiger partial charge in [0.2, 0.25) is 0 Å². The summed E-state index contributed by atoms with van der Waals surface area (Å²) < 4.78 is 15.5. The molecule has 0 spiro atoms. The summed E-state index contributed by atoms with van der Waals surface area (Å²) in [6.07, 6.45) is 0.288. The maximum absolute atomic E-state index is 10.0. The topological polar surface area (TPSA) is 42.2 Å². The van der Waals surface area contributed by atoms with Crippen LogP contribution in [0.2, 0.25) is 5.82 Å². The van der Waals surface area contributed by atoms with E-state index in [0.29, 0.717) is 0 Å². The van der Waals surface area contributed by atoms with Gasteiger partial charge in [-0.15, -0.1) is 0 Å². The Balaban J connectivity index is 1.63. The maximum Gasteiger partial charge on any atom is 0.440 e. The Bertz CT molecular complexity index is 1520. The fourth-order valence-electron chi connectivity index (χ4n) is 6.29. The van der Waals surface area contributed by atoms with Crippen molar-refractivity contribution in [1.82, 2.24) is 0 Å². The van der Waals surface area contributed by atoms with Crippen molar-refractivity contribution in [2.75, 3.05) is 0 Å². The first-order valence-corrected chi connectivity index (χ1v) is 19.6. The average Bonchev–Trinajstić information content (AvgIpc) is 3.14. The Kier molecular flexibility index (Phi) is 9.88. The average molecular weight is 630 g/mol. The van der Waals surface area contributed by atoms with Gasteiger partial charge in [-0.05, 0) is 31.1 Å². The highest BCUT2D eigenvalue weighted by molar-refractivity contribution is 7.12. The lowest BCUT2D eigenvalue weighted by Gasteiger charge is -2.41. The maximum atomic E-state index is 10.0. The Labute approximate surface area is 275 Å². The van der Waals surface area contributed by atoms with Crippen LogP contribution in [0, 0.1) is 11.3 Å². The van der Waals surface area contributed by atoms with Crippen LogP contribution in [-0.4, -0.2) is 23.8 Å². The summed E-state index contributed by atoms with van der Waals surface area (Å²) in [6, 6.07) is 65.8. The molecule has 0 amide bonds. The Morgan fingerprint density at radius 2 is 0.674 bits per heavy atom. The lowest BCUT2D eigenvalue weighted by molar-refractivity contribution is 0.416. The van der Waals surface area contributed by atoms with Gasteiger partial charge in [-0.2, -0.15) is 5.26 Å². The van der Waals surface area contributed by atoms with Crippen LogP contribution in [-0.2, 0) is 8.69 Å². The van der Waals surface area contributed by atoms with E-state index in [0.717, 1.165) is 31.1 Å². The van der Waals surface area contributed by atoms with Gasteiger partial charge in [0, 0.05) is 12.2 Å². The van der Waals surface area contributed by atoms with Crippen molar-refractivity contribution < 1.29 is 8.69 Å². The Morgan fingerprint density at radius 3 is 0.870 bits per heavy atom. The largest absolute Gasteiger partial charge is 0.443 e. The second kappa shape index (κ2) is 14.6.